The molecule has 5 rings (SSSR count). The molecule has 1 aliphatic heterocycles. The molecule has 0 saturated carbocycles. The van der Waals surface area contributed by atoms with Crippen molar-refractivity contribution < 1.29 is 13.9 Å². The maximum Gasteiger partial charge on any atom is 0.296 e. The highest BCUT2D eigenvalue weighted by molar-refractivity contribution is 6.10. The van der Waals surface area contributed by atoms with Crippen molar-refractivity contribution in [3.63, 3.8) is 0 Å². The lowest BCUT2D eigenvalue weighted by Gasteiger charge is -2.24. The molecule has 1 amide bonds. The van der Waals surface area contributed by atoms with Gasteiger partial charge in [0.15, 0.2) is 5.43 Å². The Hall–Kier alpha value is -3.93. The lowest BCUT2D eigenvalue weighted by Crippen LogP contribution is -2.30. The molecule has 0 radical (unpaired) electrons. The van der Waals surface area contributed by atoms with Gasteiger partial charge in [-0.25, -0.2) is 4.98 Å². The largest absolute Gasteiger partial charge is 0.494 e. The SMILES string of the molecule is CCCCOc1ccc(C2c3c(oc4ccc(C)cc4c3=O)C(=O)N2c2ccc(C)cn2)cc1. The van der Waals surface area contributed by atoms with Crippen LogP contribution in [0.25, 0.3) is 11.0 Å². The van der Waals surface area contributed by atoms with E-state index in [0.29, 0.717) is 29.0 Å². The lowest BCUT2D eigenvalue weighted by molar-refractivity contribution is 0.0970. The topological polar surface area (TPSA) is 72.6 Å². The molecule has 2 aromatic carbocycles. The number of anilines is 1. The van der Waals surface area contributed by atoms with Crippen LogP contribution in [0.3, 0.4) is 0 Å². The van der Waals surface area contributed by atoms with Crippen molar-refractivity contribution in [1.29, 1.82) is 0 Å². The van der Waals surface area contributed by atoms with Crippen molar-refractivity contribution in [1.82, 2.24) is 4.98 Å². The molecule has 0 spiro atoms. The molecule has 1 atom stereocenters. The van der Waals surface area contributed by atoms with Crippen LogP contribution in [0, 0.1) is 13.8 Å². The van der Waals surface area contributed by atoms with Crippen LogP contribution in [-0.2, 0) is 0 Å². The summed E-state index contributed by atoms with van der Waals surface area (Å²) in [4.78, 5) is 33.3. The fourth-order valence-corrected chi connectivity index (χ4v) is 4.32. The summed E-state index contributed by atoms with van der Waals surface area (Å²) in [6.07, 6.45) is 3.75. The average molecular weight is 455 g/mol. The first-order valence-corrected chi connectivity index (χ1v) is 11.5. The molecule has 0 fully saturated rings. The summed E-state index contributed by atoms with van der Waals surface area (Å²) in [7, 11) is 0. The normalized spacial score (nSPS) is 15.1. The third-order valence-corrected chi connectivity index (χ3v) is 6.13. The number of unbranched alkanes of at least 4 members (excludes halogenated alkanes) is 1. The van der Waals surface area contributed by atoms with Gasteiger partial charge in [-0.15, -0.1) is 0 Å². The Morgan fingerprint density at radius 2 is 1.76 bits per heavy atom. The van der Waals surface area contributed by atoms with E-state index in [1.807, 2.05) is 50.2 Å². The van der Waals surface area contributed by atoms with Crippen LogP contribution in [0.5, 0.6) is 5.75 Å². The van der Waals surface area contributed by atoms with Gasteiger partial charge in [0.1, 0.15) is 17.2 Å². The summed E-state index contributed by atoms with van der Waals surface area (Å²) in [5.74, 6) is 0.911. The van der Waals surface area contributed by atoms with Gasteiger partial charge in [-0.2, -0.15) is 0 Å². The van der Waals surface area contributed by atoms with Crippen LogP contribution < -0.4 is 15.1 Å². The molecule has 4 aromatic rings. The molecule has 172 valence electrons. The number of ether oxygens (including phenoxy) is 1. The Morgan fingerprint density at radius 3 is 2.47 bits per heavy atom. The van der Waals surface area contributed by atoms with Crippen molar-refractivity contribution in [2.24, 2.45) is 0 Å². The van der Waals surface area contributed by atoms with Gasteiger partial charge in [0.25, 0.3) is 5.91 Å². The summed E-state index contributed by atoms with van der Waals surface area (Å²) < 4.78 is 11.8. The quantitative estimate of drug-likeness (QED) is 0.348. The zero-order chi connectivity index (χ0) is 23.8. The van der Waals surface area contributed by atoms with E-state index in [4.69, 9.17) is 9.15 Å². The van der Waals surface area contributed by atoms with E-state index in [9.17, 15) is 9.59 Å². The molecule has 0 saturated heterocycles. The summed E-state index contributed by atoms with van der Waals surface area (Å²) in [6.45, 7) is 6.63. The van der Waals surface area contributed by atoms with E-state index in [2.05, 4.69) is 11.9 Å². The minimum atomic E-state index is -0.649. The Balaban J connectivity index is 1.67. The smallest absolute Gasteiger partial charge is 0.296 e. The Bertz CT molecular complexity index is 1420. The molecular weight excluding hydrogens is 428 g/mol. The average Bonchev–Trinajstić information content (AvgIpc) is 3.13. The molecule has 1 aliphatic rings. The molecule has 0 aliphatic carbocycles. The monoisotopic (exact) mass is 454 g/mol. The van der Waals surface area contributed by atoms with E-state index in [1.54, 1.807) is 29.3 Å². The van der Waals surface area contributed by atoms with Gasteiger partial charge < -0.3 is 9.15 Å². The number of carbonyl (C=O) groups is 1. The number of rotatable bonds is 6. The van der Waals surface area contributed by atoms with Gasteiger partial charge in [0, 0.05) is 6.20 Å². The minimum Gasteiger partial charge on any atom is -0.494 e. The predicted octanol–water partition coefficient (Wildman–Crippen LogP) is 5.73. The highest BCUT2D eigenvalue weighted by Crippen LogP contribution is 2.41. The number of hydrogen-bond acceptors (Lipinski definition) is 5. The number of benzene rings is 2. The maximum atomic E-state index is 13.7. The van der Waals surface area contributed by atoms with E-state index >= 15 is 0 Å². The molecule has 34 heavy (non-hydrogen) atoms. The first-order chi connectivity index (χ1) is 16.5. The number of nitrogens with zero attached hydrogens (tertiary/aromatic N) is 2. The Morgan fingerprint density at radius 1 is 1.00 bits per heavy atom. The Labute approximate surface area is 197 Å². The molecule has 1 unspecified atom stereocenters. The van der Waals surface area contributed by atoms with Crippen molar-refractivity contribution in [2.45, 2.75) is 39.7 Å². The van der Waals surface area contributed by atoms with Crippen LogP contribution in [-0.4, -0.2) is 17.5 Å². The van der Waals surface area contributed by atoms with Gasteiger partial charge in [-0.1, -0.05) is 43.2 Å². The zero-order valence-corrected chi connectivity index (χ0v) is 19.5. The lowest BCUT2D eigenvalue weighted by atomic mass is 9.98. The Kier molecular flexibility index (Phi) is 5.65. The summed E-state index contributed by atoms with van der Waals surface area (Å²) in [5.41, 5.74) is 3.26. The number of aryl methyl sites for hydroxylation is 2. The molecule has 2 aromatic heterocycles. The standard InChI is InChI=1S/C28H26N2O4/c1-4-5-14-33-20-10-8-19(9-11-20)25-24-26(31)21-15-17(2)6-12-22(21)34-27(24)28(32)30(25)23-13-7-18(3)16-29-23/h6-13,15-16,25H,4-5,14H2,1-3H3. The first kappa shape index (κ1) is 21.9. The fraction of sp³-hybridized carbons (Fsp3) is 0.250. The molecular formula is C28H26N2O4. The molecule has 0 bridgehead atoms. The number of aromatic nitrogens is 1. The number of fused-ring (bicyclic) bond motifs is 2. The molecule has 3 heterocycles. The van der Waals surface area contributed by atoms with Crippen LogP contribution >= 0.6 is 0 Å². The van der Waals surface area contributed by atoms with E-state index < -0.39 is 6.04 Å². The van der Waals surface area contributed by atoms with Crippen LogP contribution in [0.4, 0.5) is 5.82 Å². The van der Waals surface area contributed by atoms with E-state index in [0.717, 1.165) is 35.3 Å². The highest BCUT2D eigenvalue weighted by Gasteiger charge is 2.44. The molecule has 6 heteroatoms. The van der Waals surface area contributed by atoms with Crippen LogP contribution in [0.2, 0.25) is 0 Å². The van der Waals surface area contributed by atoms with Gasteiger partial charge in [0.05, 0.1) is 23.6 Å². The number of amides is 1. The van der Waals surface area contributed by atoms with Crippen molar-refractivity contribution >= 4 is 22.7 Å². The third-order valence-electron chi connectivity index (χ3n) is 6.13. The number of pyridine rings is 1. The zero-order valence-electron chi connectivity index (χ0n) is 19.5. The summed E-state index contributed by atoms with van der Waals surface area (Å²) in [5, 5.41) is 0.467. The fourth-order valence-electron chi connectivity index (χ4n) is 4.32. The second-order valence-electron chi connectivity index (χ2n) is 8.72. The van der Waals surface area contributed by atoms with Gasteiger partial charge >= 0.3 is 0 Å². The van der Waals surface area contributed by atoms with E-state index in [1.165, 1.54) is 0 Å². The van der Waals surface area contributed by atoms with Crippen molar-refractivity contribution in [3.05, 3.63) is 99.0 Å². The third kappa shape index (κ3) is 3.75. The number of hydrogen-bond donors (Lipinski definition) is 0. The number of carbonyl (C=O) groups excluding carboxylic acids is 1. The van der Waals surface area contributed by atoms with Gasteiger partial charge in [0.2, 0.25) is 5.76 Å². The molecule has 6 nitrogen and oxygen atoms in total. The summed E-state index contributed by atoms with van der Waals surface area (Å²) in [6, 6.07) is 16.0. The van der Waals surface area contributed by atoms with Crippen LogP contribution in [0.1, 0.15) is 58.6 Å². The highest BCUT2D eigenvalue weighted by atomic mass is 16.5. The van der Waals surface area contributed by atoms with Gasteiger partial charge in [-0.05, 0) is 61.7 Å². The second-order valence-corrected chi connectivity index (χ2v) is 8.72. The van der Waals surface area contributed by atoms with Crippen molar-refractivity contribution in [2.75, 3.05) is 11.5 Å². The predicted molar refractivity (Wildman–Crippen MR) is 132 cm³/mol. The first-order valence-electron chi connectivity index (χ1n) is 11.5. The molecule has 0 N–H and O–H groups in total. The second kappa shape index (κ2) is 8.78. The summed E-state index contributed by atoms with van der Waals surface area (Å²) >= 11 is 0. The minimum absolute atomic E-state index is 0.0667. The van der Waals surface area contributed by atoms with E-state index in [-0.39, 0.29) is 17.1 Å². The van der Waals surface area contributed by atoms with Crippen molar-refractivity contribution in [3.8, 4) is 5.75 Å². The van der Waals surface area contributed by atoms with Crippen LogP contribution in [0.15, 0.2) is 70.0 Å². The van der Waals surface area contributed by atoms with Gasteiger partial charge in [-0.3, -0.25) is 14.5 Å². The maximum absolute atomic E-state index is 13.7.